The van der Waals surface area contributed by atoms with Crippen molar-refractivity contribution in [2.45, 2.75) is 58.9 Å². The van der Waals surface area contributed by atoms with Gasteiger partial charge < -0.3 is 9.80 Å². The first-order valence-corrected chi connectivity index (χ1v) is 21.4. The maximum absolute atomic E-state index is 13.6. The van der Waals surface area contributed by atoms with E-state index in [1.807, 2.05) is 24.3 Å². The molecule has 0 amide bonds. The lowest BCUT2D eigenvalue weighted by atomic mass is 9.79. The molecule has 0 N–H and O–H groups in total. The van der Waals surface area contributed by atoms with E-state index in [0.29, 0.717) is 0 Å². The van der Waals surface area contributed by atoms with Crippen LogP contribution in [0.1, 0.15) is 52.9 Å². The summed E-state index contributed by atoms with van der Waals surface area (Å²) < 4.78 is 9.64. The van der Waals surface area contributed by atoms with Crippen molar-refractivity contribution in [3.8, 4) is 22.3 Å². The quantitative estimate of drug-likeness (QED) is 0.138. The van der Waals surface area contributed by atoms with Gasteiger partial charge in [0.05, 0.1) is 17.8 Å². The molecule has 9 rings (SSSR count). The Hall–Kier alpha value is -6.37. The highest BCUT2D eigenvalue weighted by Crippen LogP contribution is 2.40. The van der Waals surface area contributed by atoms with Crippen LogP contribution in [0.3, 0.4) is 0 Å². The zero-order chi connectivity index (χ0) is 40.3. The van der Waals surface area contributed by atoms with Crippen LogP contribution in [0.2, 0.25) is 0 Å². The largest absolute Gasteiger partial charge is 0.335 e. The average Bonchev–Trinajstić information content (AvgIpc) is 3.78. The summed E-state index contributed by atoms with van der Waals surface area (Å²) in [6.45, 7) is 6.72. The van der Waals surface area contributed by atoms with Gasteiger partial charge in [0.1, 0.15) is 11.0 Å². The fourth-order valence-electron chi connectivity index (χ4n) is 8.44. The number of aromatic nitrogens is 2. The van der Waals surface area contributed by atoms with Gasteiger partial charge in [0.2, 0.25) is 0 Å². The molecule has 0 spiro atoms. The highest BCUT2D eigenvalue weighted by Gasteiger charge is 2.26. The number of ketones is 1. The topological polar surface area (TPSA) is 49.3 Å². The average molecular weight is 789 g/mol. The number of fused-ring (bicyclic) bond motifs is 1. The number of carbonyl (C=O) groups excluding carboxylic acids is 1. The molecule has 1 aromatic heterocycles. The van der Waals surface area contributed by atoms with Crippen molar-refractivity contribution in [2.24, 2.45) is 5.41 Å². The highest BCUT2D eigenvalue weighted by atomic mass is 32.1. The second kappa shape index (κ2) is 16.5. The minimum absolute atomic E-state index is 0.0895. The molecular formula is C53H48N4OS. The van der Waals surface area contributed by atoms with Crippen molar-refractivity contribution in [2.75, 3.05) is 9.80 Å². The van der Waals surface area contributed by atoms with Gasteiger partial charge in [-0.2, -0.15) is 8.75 Å². The van der Waals surface area contributed by atoms with Gasteiger partial charge in [-0.1, -0.05) is 142 Å². The Morgan fingerprint density at radius 3 is 1.75 bits per heavy atom. The van der Waals surface area contributed by atoms with Crippen LogP contribution in [0.4, 0.5) is 22.7 Å². The molecule has 5 nitrogen and oxygen atoms in total. The minimum atomic E-state index is 0.0895. The van der Waals surface area contributed by atoms with Gasteiger partial charge >= 0.3 is 0 Å². The Bertz CT molecular complexity index is 2630. The van der Waals surface area contributed by atoms with Gasteiger partial charge in [-0.05, 0) is 103 Å². The van der Waals surface area contributed by atoms with Gasteiger partial charge in [-0.25, -0.2) is 0 Å². The van der Waals surface area contributed by atoms with Crippen LogP contribution in [0.25, 0.3) is 33.3 Å². The first-order valence-electron chi connectivity index (χ1n) is 20.7. The molecule has 1 heterocycles. The fraction of sp³-hybridized carbons (Fsp3) is 0.189. The number of anilines is 4. The van der Waals surface area contributed by atoms with Crippen LogP contribution >= 0.6 is 11.7 Å². The molecule has 0 fully saturated rings. The molecule has 5 aromatic carbocycles. The summed E-state index contributed by atoms with van der Waals surface area (Å²) in [4.78, 5) is 18.3. The first kappa shape index (κ1) is 38.2. The van der Waals surface area contributed by atoms with Gasteiger partial charge in [-0.15, -0.1) is 0 Å². The number of Topliss-reactive ketones (excluding diaryl/α,β-unsaturated/α-hetero) is 1. The minimum Gasteiger partial charge on any atom is -0.335 e. The van der Waals surface area contributed by atoms with Gasteiger partial charge in [0, 0.05) is 50.7 Å². The number of para-hydroxylation sites is 2. The van der Waals surface area contributed by atoms with Gasteiger partial charge in [0.25, 0.3) is 0 Å². The summed E-state index contributed by atoms with van der Waals surface area (Å²) in [7, 11) is 0. The molecule has 0 bridgehead atoms. The zero-order valence-electron chi connectivity index (χ0n) is 33.9. The number of allylic oxidation sites excluding steroid dienone is 9. The SMILES string of the molecule is CC(C)(C)C1=CC=C(C(=O)C2=CCC(N(C3=CCCC=C3)c3ccc(-c4ccc(-c5ccc(N(c6ccccc6)c6ccccc6)cc5)c5nsnc45)cc3)C=C2)CC1. The number of nitrogens with zero attached hydrogens (tertiary/aromatic N) is 4. The van der Waals surface area contributed by atoms with E-state index in [1.54, 1.807) is 0 Å². The van der Waals surface area contributed by atoms with Crippen molar-refractivity contribution >= 4 is 51.3 Å². The number of hydrogen-bond donors (Lipinski definition) is 0. The standard InChI is InChI=1S/C53H48N4OS/c1-53(2,3)41-27-19-39(20-28-41)52(58)40-25-33-47(34-26-40)57(44-17-11-6-12-18-44)46-31-23-38(24-32-46)49-36-35-48(50-51(49)55-59-54-50)37-21-29-45(30-22-37)56(42-13-7-4-8-14-42)43-15-9-5-10-16-43/h4-5,7-11,13-19,21-27,29-33,35-36,47H,6,12,20,28,34H2,1-3H3. The van der Waals surface area contributed by atoms with Crippen LogP contribution in [-0.2, 0) is 4.79 Å². The molecule has 0 saturated heterocycles. The van der Waals surface area contributed by atoms with E-state index < -0.39 is 0 Å². The van der Waals surface area contributed by atoms with E-state index in [2.05, 4.69) is 176 Å². The molecule has 3 aliphatic rings. The molecule has 0 radical (unpaired) electrons. The second-order valence-electron chi connectivity index (χ2n) is 16.5. The molecule has 292 valence electrons. The lowest BCUT2D eigenvalue weighted by molar-refractivity contribution is -0.112. The summed E-state index contributed by atoms with van der Waals surface area (Å²) in [6.07, 6.45) is 22.0. The molecule has 6 heteroatoms. The molecule has 59 heavy (non-hydrogen) atoms. The van der Waals surface area contributed by atoms with Crippen LogP contribution in [0, 0.1) is 5.41 Å². The first-order chi connectivity index (χ1) is 28.8. The van der Waals surface area contributed by atoms with Crippen molar-refractivity contribution in [1.82, 2.24) is 8.75 Å². The lowest BCUT2D eigenvalue weighted by Gasteiger charge is -2.35. The third kappa shape index (κ3) is 7.93. The van der Waals surface area contributed by atoms with Gasteiger partial charge in [0.15, 0.2) is 5.78 Å². The van der Waals surface area contributed by atoms with Crippen LogP contribution in [0.15, 0.2) is 192 Å². The Labute approximate surface area is 352 Å². The van der Waals surface area contributed by atoms with E-state index >= 15 is 0 Å². The maximum atomic E-state index is 13.6. The molecule has 1 unspecified atom stereocenters. The van der Waals surface area contributed by atoms with Crippen LogP contribution in [-0.4, -0.2) is 20.6 Å². The Balaban J connectivity index is 0.962. The van der Waals surface area contributed by atoms with E-state index in [0.717, 1.165) is 99.3 Å². The van der Waals surface area contributed by atoms with E-state index in [9.17, 15) is 4.79 Å². The smallest absolute Gasteiger partial charge is 0.188 e. The van der Waals surface area contributed by atoms with E-state index in [4.69, 9.17) is 8.75 Å². The predicted molar refractivity (Wildman–Crippen MR) is 247 cm³/mol. The van der Waals surface area contributed by atoms with Crippen molar-refractivity contribution in [1.29, 1.82) is 0 Å². The van der Waals surface area contributed by atoms with Crippen molar-refractivity contribution in [3.63, 3.8) is 0 Å². The monoisotopic (exact) mass is 788 g/mol. The normalized spacial score (nSPS) is 16.6. The third-order valence-corrected chi connectivity index (χ3v) is 12.2. The molecule has 1 atom stereocenters. The molecule has 6 aromatic rings. The molecular weight excluding hydrogens is 741 g/mol. The summed E-state index contributed by atoms with van der Waals surface area (Å²) in [6, 6.07) is 42.9. The Morgan fingerprint density at radius 1 is 0.644 bits per heavy atom. The number of benzene rings is 5. The second-order valence-corrected chi connectivity index (χ2v) is 17.0. The summed E-state index contributed by atoms with van der Waals surface area (Å²) in [5.41, 5.74) is 15.0. The van der Waals surface area contributed by atoms with Gasteiger partial charge in [-0.3, -0.25) is 4.79 Å². The lowest BCUT2D eigenvalue weighted by Crippen LogP contribution is -2.34. The fourth-order valence-corrected chi connectivity index (χ4v) is 9.02. The zero-order valence-corrected chi connectivity index (χ0v) is 34.7. The van der Waals surface area contributed by atoms with E-state index in [-0.39, 0.29) is 17.2 Å². The number of carbonyl (C=O) groups is 1. The third-order valence-electron chi connectivity index (χ3n) is 11.7. The summed E-state index contributed by atoms with van der Waals surface area (Å²) in [5, 5.41) is 0. The maximum Gasteiger partial charge on any atom is 0.188 e. The number of rotatable bonds is 10. The molecule has 0 aliphatic heterocycles. The highest BCUT2D eigenvalue weighted by molar-refractivity contribution is 7.00. The van der Waals surface area contributed by atoms with Crippen molar-refractivity contribution < 1.29 is 4.79 Å². The molecule has 0 saturated carbocycles. The molecule has 3 aliphatic carbocycles. The summed E-state index contributed by atoms with van der Waals surface area (Å²) >= 11 is 1.26. The predicted octanol–water partition coefficient (Wildman–Crippen LogP) is 14.1. The summed E-state index contributed by atoms with van der Waals surface area (Å²) in [5.74, 6) is 0.153. The van der Waals surface area contributed by atoms with Crippen LogP contribution < -0.4 is 9.80 Å². The van der Waals surface area contributed by atoms with Crippen LogP contribution in [0.5, 0.6) is 0 Å². The Morgan fingerprint density at radius 2 is 1.24 bits per heavy atom. The van der Waals surface area contributed by atoms with Crippen molar-refractivity contribution in [3.05, 3.63) is 192 Å². The van der Waals surface area contributed by atoms with E-state index in [1.165, 1.54) is 23.0 Å². The number of hydrogen-bond acceptors (Lipinski definition) is 6. The Kier molecular flexibility index (Phi) is 10.7.